The van der Waals surface area contributed by atoms with Crippen molar-refractivity contribution in [2.24, 2.45) is 5.73 Å². The Labute approximate surface area is 73.6 Å². The minimum absolute atomic E-state index is 0.143. The van der Waals surface area contributed by atoms with E-state index in [1.54, 1.807) is 0 Å². The topological polar surface area (TPSA) is 26.0 Å². The highest BCUT2D eigenvalue weighted by Gasteiger charge is 2.16. The van der Waals surface area contributed by atoms with E-state index in [1.165, 1.54) is 5.56 Å². The van der Waals surface area contributed by atoms with Crippen LogP contribution in [0.3, 0.4) is 0 Å². The molecule has 2 N–H and O–H groups in total. The van der Waals surface area contributed by atoms with Crippen molar-refractivity contribution in [3.8, 4) is 12.0 Å². The van der Waals surface area contributed by atoms with Crippen molar-refractivity contribution in [3.05, 3.63) is 35.9 Å². The van der Waals surface area contributed by atoms with Crippen LogP contribution < -0.4 is 5.73 Å². The normalized spacial score (nSPS) is 10.2. The Hall–Kier alpha value is -1.42. The van der Waals surface area contributed by atoms with E-state index in [2.05, 4.69) is 37.9 Å². The van der Waals surface area contributed by atoms with Crippen molar-refractivity contribution < 1.29 is 0 Å². The van der Waals surface area contributed by atoms with Gasteiger partial charge in [0.1, 0.15) is 0 Å². The molecule has 0 fully saturated rings. The van der Waals surface area contributed by atoms with Gasteiger partial charge in [-0.05, 0) is 19.4 Å². The average Bonchev–Trinajstić information content (AvgIpc) is 2.06. The number of benzene rings is 1. The van der Waals surface area contributed by atoms with Gasteiger partial charge in [0.05, 0.1) is 5.41 Å². The molecule has 0 amide bonds. The van der Waals surface area contributed by atoms with Gasteiger partial charge in [-0.25, -0.2) is 0 Å². The minimum Gasteiger partial charge on any atom is -0.359 e. The zero-order valence-corrected chi connectivity index (χ0v) is 7.46. The summed E-state index contributed by atoms with van der Waals surface area (Å²) in [6, 6.07) is 12.6. The first kappa shape index (κ1) is 8.67. The lowest BCUT2D eigenvalue weighted by atomic mass is 9.86. The third-order valence-corrected chi connectivity index (χ3v) is 1.88. The highest BCUT2D eigenvalue weighted by Crippen LogP contribution is 2.20. The first-order valence-corrected chi connectivity index (χ1v) is 3.95. The molecule has 12 heavy (non-hydrogen) atoms. The van der Waals surface area contributed by atoms with E-state index >= 15 is 0 Å². The van der Waals surface area contributed by atoms with Crippen LogP contribution in [0.5, 0.6) is 0 Å². The maximum Gasteiger partial charge on any atom is 0.0524 e. The number of nitrogens with two attached hydrogens (primary N) is 1. The van der Waals surface area contributed by atoms with Crippen LogP contribution in [0.2, 0.25) is 0 Å². The highest BCUT2D eigenvalue weighted by molar-refractivity contribution is 5.32. The standard InChI is InChI=1S/C11H13N/c1-11(2,8-9-12)10-6-4-3-5-7-10/h3-7H,12H2,1-2H3. The number of rotatable bonds is 1. The molecule has 0 saturated heterocycles. The Balaban J connectivity index is 3.03. The second-order valence-corrected chi connectivity index (χ2v) is 3.26. The van der Waals surface area contributed by atoms with E-state index in [9.17, 15) is 0 Å². The molecule has 1 nitrogen and oxygen atoms in total. The zero-order valence-electron chi connectivity index (χ0n) is 7.46. The molecular formula is C11H13N. The predicted octanol–water partition coefficient (Wildman–Crippen LogP) is 1.88. The molecule has 1 rings (SSSR count). The molecule has 0 spiro atoms. The lowest BCUT2D eigenvalue weighted by Gasteiger charge is -2.17. The van der Waals surface area contributed by atoms with Crippen LogP contribution in [0.1, 0.15) is 19.4 Å². The van der Waals surface area contributed by atoms with Gasteiger partial charge in [0.15, 0.2) is 0 Å². The van der Waals surface area contributed by atoms with Gasteiger partial charge in [-0.15, -0.1) is 0 Å². The van der Waals surface area contributed by atoms with Gasteiger partial charge in [-0.1, -0.05) is 36.3 Å². The average molecular weight is 159 g/mol. The lowest BCUT2D eigenvalue weighted by Crippen LogP contribution is -2.14. The Morgan fingerprint density at radius 2 is 1.75 bits per heavy atom. The summed E-state index contributed by atoms with van der Waals surface area (Å²) in [6.45, 7) is 4.12. The van der Waals surface area contributed by atoms with Crippen molar-refractivity contribution in [1.82, 2.24) is 0 Å². The molecular weight excluding hydrogens is 146 g/mol. The van der Waals surface area contributed by atoms with E-state index in [0.29, 0.717) is 0 Å². The van der Waals surface area contributed by atoms with Crippen LogP contribution >= 0.6 is 0 Å². The van der Waals surface area contributed by atoms with E-state index in [4.69, 9.17) is 5.73 Å². The molecule has 0 unspecified atom stereocenters. The van der Waals surface area contributed by atoms with Crippen LogP contribution in [0.4, 0.5) is 0 Å². The van der Waals surface area contributed by atoms with Crippen molar-refractivity contribution in [3.63, 3.8) is 0 Å². The fourth-order valence-electron chi connectivity index (χ4n) is 1.11. The summed E-state index contributed by atoms with van der Waals surface area (Å²) < 4.78 is 0. The van der Waals surface area contributed by atoms with Crippen molar-refractivity contribution >= 4 is 0 Å². The Morgan fingerprint density at radius 1 is 1.17 bits per heavy atom. The molecule has 0 bridgehead atoms. The van der Waals surface area contributed by atoms with Crippen LogP contribution in [-0.4, -0.2) is 0 Å². The van der Waals surface area contributed by atoms with E-state index in [-0.39, 0.29) is 5.41 Å². The van der Waals surface area contributed by atoms with Crippen LogP contribution in [0.15, 0.2) is 30.3 Å². The summed E-state index contributed by atoms with van der Waals surface area (Å²) in [4.78, 5) is 0. The first-order chi connectivity index (χ1) is 5.67. The van der Waals surface area contributed by atoms with Crippen molar-refractivity contribution in [1.29, 1.82) is 0 Å². The molecule has 0 aliphatic rings. The molecule has 0 saturated carbocycles. The third kappa shape index (κ3) is 1.79. The van der Waals surface area contributed by atoms with Gasteiger partial charge in [0.25, 0.3) is 0 Å². The van der Waals surface area contributed by atoms with Gasteiger partial charge >= 0.3 is 0 Å². The molecule has 0 atom stereocenters. The summed E-state index contributed by atoms with van der Waals surface area (Å²) in [6.07, 6.45) is 0. The largest absolute Gasteiger partial charge is 0.359 e. The summed E-state index contributed by atoms with van der Waals surface area (Å²) in [7, 11) is 0. The van der Waals surface area contributed by atoms with Gasteiger partial charge in [-0.3, -0.25) is 0 Å². The fourth-order valence-corrected chi connectivity index (χ4v) is 1.11. The van der Waals surface area contributed by atoms with Crippen LogP contribution in [0.25, 0.3) is 0 Å². The van der Waals surface area contributed by atoms with Gasteiger partial charge in [0.2, 0.25) is 0 Å². The van der Waals surface area contributed by atoms with Crippen molar-refractivity contribution in [2.75, 3.05) is 0 Å². The van der Waals surface area contributed by atoms with E-state index in [1.807, 2.05) is 18.2 Å². The minimum atomic E-state index is -0.143. The lowest BCUT2D eigenvalue weighted by molar-refractivity contribution is 0.698. The Kier molecular flexibility index (Phi) is 2.40. The maximum absolute atomic E-state index is 5.19. The monoisotopic (exact) mass is 159 g/mol. The summed E-state index contributed by atoms with van der Waals surface area (Å²) in [5, 5.41) is 0. The Morgan fingerprint density at radius 3 is 2.25 bits per heavy atom. The molecule has 0 heterocycles. The Bertz CT molecular complexity index is 301. The summed E-state index contributed by atoms with van der Waals surface area (Å²) in [5.74, 6) is 2.97. The summed E-state index contributed by atoms with van der Waals surface area (Å²) in [5.41, 5.74) is 6.25. The zero-order chi connectivity index (χ0) is 9.03. The second kappa shape index (κ2) is 3.32. The molecule has 0 aliphatic heterocycles. The predicted molar refractivity (Wildman–Crippen MR) is 51.4 cm³/mol. The van der Waals surface area contributed by atoms with Crippen LogP contribution in [0, 0.1) is 12.0 Å². The van der Waals surface area contributed by atoms with Gasteiger partial charge in [-0.2, -0.15) is 0 Å². The van der Waals surface area contributed by atoms with Crippen LogP contribution in [-0.2, 0) is 5.41 Å². The first-order valence-electron chi connectivity index (χ1n) is 3.95. The molecule has 1 heteroatoms. The van der Waals surface area contributed by atoms with E-state index < -0.39 is 0 Å². The maximum atomic E-state index is 5.19. The molecule has 1 aromatic rings. The fraction of sp³-hybridized carbons (Fsp3) is 0.273. The SMILES string of the molecule is CC(C)(C#CN)c1ccccc1. The number of hydrogen-bond acceptors (Lipinski definition) is 1. The molecule has 0 aliphatic carbocycles. The molecule has 1 aromatic carbocycles. The van der Waals surface area contributed by atoms with E-state index in [0.717, 1.165) is 0 Å². The van der Waals surface area contributed by atoms with Gasteiger partial charge < -0.3 is 5.73 Å². The third-order valence-electron chi connectivity index (χ3n) is 1.88. The highest BCUT2D eigenvalue weighted by atomic mass is 14.5. The molecule has 0 aromatic heterocycles. The smallest absolute Gasteiger partial charge is 0.0524 e. The quantitative estimate of drug-likeness (QED) is 0.491. The summed E-state index contributed by atoms with van der Waals surface area (Å²) >= 11 is 0. The second-order valence-electron chi connectivity index (χ2n) is 3.26. The number of hydrogen-bond donors (Lipinski definition) is 1. The van der Waals surface area contributed by atoms with Gasteiger partial charge in [0, 0.05) is 6.04 Å². The molecule has 62 valence electrons. The van der Waals surface area contributed by atoms with Crippen molar-refractivity contribution in [2.45, 2.75) is 19.3 Å². The molecule has 0 radical (unpaired) electrons.